The van der Waals surface area contributed by atoms with E-state index < -0.39 is 34.7 Å². The number of likely N-dealkylation sites (N-methyl/N-ethyl adjacent to an activating group) is 1. The average Bonchev–Trinajstić information content (AvgIpc) is 2.65. The summed E-state index contributed by atoms with van der Waals surface area (Å²) in [5.74, 6) is -2.54. The summed E-state index contributed by atoms with van der Waals surface area (Å²) in [7, 11) is 0. The van der Waals surface area contributed by atoms with E-state index in [4.69, 9.17) is 4.74 Å². The lowest BCUT2D eigenvalue weighted by Gasteiger charge is -2.18. The third kappa shape index (κ3) is 4.78. The second-order valence-corrected chi connectivity index (χ2v) is 5.66. The third-order valence-corrected chi connectivity index (χ3v) is 3.96. The molecule has 1 aliphatic rings. The summed E-state index contributed by atoms with van der Waals surface area (Å²) in [6.45, 7) is 5.04. The minimum absolute atomic E-state index is 0.128. The van der Waals surface area contributed by atoms with Gasteiger partial charge in [-0.3, -0.25) is 24.5 Å². The minimum atomic E-state index is -0.949. The van der Waals surface area contributed by atoms with Gasteiger partial charge in [-0.2, -0.15) is 0 Å². The van der Waals surface area contributed by atoms with Gasteiger partial charge in [0.15, 0.2) is 6.10 Å². The number of esters is 1. The number of nitrogens with zero attached hydrogens (tertiary/aromatic N) is 1. The fraction of sp³-hybridized carbons (Fsp3) is 0.786. The summed E-state index contributed by atoms with van der Waals surface area (Å²) in [6.07, 6.45) is -0.927. The minimum Gasteiger partial charge on any atom is -0.453 e. The molecular formula is C14H22N2O6. The first-order chi connectivity index (χ1) is 10.3. The highest BCUT2D eigenvalue weighted by Gasteiger charge is 2.44. The van der Waals surface area contributed by atoms with Crippen molar-refractivity contribution in [2.45, 2.75) is 39.7 Å². The van der Waals surface area contributed by atoms with Crippen LogP contribution in [0.1, 0.15) is 33.6 Å². The Morgan fingerprint density at radius 2 is 2.14 bits per heavy atom. The second-order valence-electron chi connectivity index (χ2n) is 5.66. The first kappa shape index (κ1) is 18.1. The van der Waals surface area contributed by atoms with Gasteiger partial charge in [-0.25, -0.2) is 0 Å². The van der Waals surface area contributed by atoms with Crippen LogP contribution in [0.2, 0.25) is 0 Å². The zero-order valence-corrected chi connectivity index (χ0v) is 13.0. The molecule has 1 saturated carbocycles. The summed E-state index contributed by atoms with van der Waals surface area (Å²) in [4.78, 5) is 45.5. The Kier molecular flexibility index (Phi) is 6.45. The van der Waals surface area contributed by atoms with Crippen molar-refractivity contribution >= 4 is 17.7 Å². The van der Waals surface area contributed by atoms with Gasteiger partial charge < -0.3 is 10.1 Å². The molecule has 0 saturated heterocycles. The molecule has 8 nitrogen and oxygen atoms in total. The van der Waals surface area contributed by atoms with Crippen LogP contribution in [-0.4, -0.2) is 41.8 Å². The highest BCUT2D eigenvalue weighted by atomic mass is 16.6. The van der Waals surface area contributed by atoms with Crippen molar-refractivity contribution in [2.75, 3.05) is 13.1 Å². The standard InChI is InChI=1S/C14H22N2O6/c1-4-15-14(19)9(3)22-13(18)6-10-11(7-16(20)21)8(2)5-12(10)17/h8-11H,4-7H2,1-3H3,(H,15,19)/t8-,9-,10+,11-/m1/s1. The number of carbonyl (C=O) groups is 3. The molecule has 0 aliphatic heterocycles. The summed E-state index contributed by atoms with van der Waals surface area (Å²) in [5.41, 5.74) is 0. The first-order valence-corrected chi connectivity index (χ1v) is 7.37. The number of ether oxygens (including phenoxy) is 1. The molecule has 0 aromatic carbocycles. The molecular weight excluding hydrogens is 292 g/mol. The van der Waals surface area contributed by atoms with Crippen molar-refractivity contribution in [3.63, 3.8) is 0 Å². The number of amides is 1. The second kappa shape index (κ2) is 7.86. The van der Waals surface area contributed by atoms with Gasteiger partial charge in [0.1, 0.15) is 5.78 Å². The molecule has 0 aromatic rings. The highest BCUT2D eigenvalue weighted by Crippen LogP contribution is 2.36. The fourth-order valence-electron chi connectivity index (χ4n) is 2.80. The van der Waals surface area contributed by atoms with E-state index in [1.54, 1.807) is 13.8 Å². The Hall–Kier alpha value is -1.99. The molecule has 0 bridgehead atoms. The van der Waals surface area contributed by atoms with Crippen LogP contribution in [0, 0.1) is 27.9 Å². The molecule has 0 radical (unpaired) electrons. The number of hydrogen-bond acceptors (Lipinski definition) is 6. The zero-order valence-electron chi connectivity index (χ0n) is 13.0. The predicted molar refractivity (Wildman–Crippen MR) is 76.5 cm³/mol. The predicted octanol–water partition coefficient (Wildman–Crippen LogP) is 0.562. The van der Waals surface area contributed by atoms with Crippen LogP contribution in [0.5, 0.6) is 0 Å². The lowest BCUT2D eigenvalue weighted by Crippen LogP contribution is -2.36. The van der Waals surface area contributed by atoms with Gasteiger partial charge >= 0.3 is 5.97 Å². The Labute approximate surface area is 128 Å². The van der Waals surface area contributed by atoms with Gasteiger partial charge in [0.25, 0.3) is 5.91 Å². The number of Topliss-reactive ketones (excluding diaryl/α,β-unsaturated/α-hetero) is 1. The molecule has 22 heavy (non-hydrogen) atoms. The molecule has 0 aromatic heterocycles. The first-order valence-electron chi connectivity index (χ1n) is 7.37. The van der Waals surface area contributed by atoms with Gasteiger partial charge in [-0.1, -0.05) is 6.92 Å². The number of hydrogen-bond donors (Lipinski definition) is 1. The van der Waals surface area contributed by atoms with Crippen molar-refractivity contribution < 1.29 is 24.0 Å². The van der Waals surface area contributed by atoms with Crippen LogP contribution < -0.4 is 5.32 Å². The SMILES string of the molecule is CCNC(=O)[C@@H](C)OC(=O)C[C@@H]1C(=O)C[C@@H](C)[C@H]1C[N+](=O)[O-]. The Balaban J connectivity index is 2.62. The van der Waals surface area contributed by atoms with E-state index in [-0.39, 0.29) is 31.1 Å². The summed E-state index contributed by atoms with van der Waals surface area (Å²) in [6, 6.07) is 0. The molecule has 4 atom stereocenters. The van der Waals surface area contributed by atoms with Crippen molar-refractivity contribution in [3.8, 4) is 0 Å². The number of ketones is 1. The normalized spacial score (nSPS) is 25.6. The highest BCUT2D eigenvalue weighted by molar-refractivity contribution is 5.89. The van der Waals surface area contributed by atoms with Crippen LogP contribution in [-0.2, 0) is 19.1 Å². The van der Waals surface area contributed by atoms with Crippen LogP contribution in [0.15, 0.2) is 0 Å². The number of nitrogens with one attached hydrogen (secondary N) is 1. The molecule has 1 rings (SSSR count). The van der Waals surface area contributed by atoms with Gasteiger partial charge in [0, 0.05) is 29.7 Å². The fourth-order valence-corrected chi connectivity index (χ4v) is 2.80. The van der Waals surface area contributed by atoms with Crippen molar-refractivity contribution in [3.05, 3.63) is 10.1 Å². The maximum atomic E-state index is 11.9. The molecule has 8 heteroatoms. The van der Waals surface area contributed by atoms with Gasteiger partial charge in [-0.05, 0) is 19.8 Å². The molecule has 124 valence electrons. The third-order valence-electron chi connectivity index (χ3n) is 3.96. The Bertz CT molecular complexity index is 464. The molecule has 1 aliphatic carbocycles. The largest absolute Gasteiger partial charge is 0.453 e. The smallest absolute Gasteiger partial charge is 0.307 e. The van der Waals surface area contributed by atoms with Crippen molar-refractivity contribution in [1.82, 2.24) is 5.32 Å². The van der Waals surface area contributed by atoms with Gasteiger partial charge in [0.05, 0.1) is 6.42 Å². The summed E-state index contributed by atoms with van der Waals surface area (Å²) < 4.78 is 4.99. The molecule has 1 fully saturated rings. The van der Waals surface area contributed by atoms with Crippen molar-refractivity contribution in [1.29, 1.82) is 0 Å². The maximum absolute atomic E-state index is 11.9. The summed E-state index contributed by atoms with van der Waals surface area (Å²) in [5, 5.41) is 13.2. The lowest BCUT2D eigenvalue weighted by atomic mass is 9.88. The molecule has 0 spiro atoms. The Morgan fingerprint density at radius 1 is 1.50 bits per heavy atom. The number of rotatable bonds is 7. The van der Waals surface area contributed by atoms with E-state index in [0.717, 1.165) is 0 Å². The number of nitro groups is 1. The van der Waals surface area contributed by atoms with Crippen LogP contribution in [0.25, 0.3) is 0 Å². The quantitative estimate of drug-likeness (QED) is 0.417. The molecule has 1 N–H and O–H groups in total. The topological polar surface area (TPSA) is 116 Å². The maximum Gasteiger partial charge on any atom is 0.307 e. The van der Waals surface area contributed by atoms with E-state index in [2.05, 4.69) is 5.32 Å². The molecule has 0 heterocycles. The van der Waals surface area contributed by atoms with E-state index in [0.29, 0.717) is 6.54 Å². The van der Waals surface area contributed by atoms with E-state index in [1.165, 1.54) is 6.92 Å². The summed E-state index contributed by atoms with van der Waals surface area (Å²) >= 11 is 0. The lowest BCUT2D eigenvalue weighted by molar-refractivity contribution is -0.490. The van der Waals surface area contributed by atoms with Crippen LogP contribution >= 0.6 is 0 Å². The van der Waals surface area contributed by atoms with Gasteiger partial charge in [-0.15, -0.1) is 0 Å². The molecule has 1 amide bonds. The van der Waals surface area contributed by atoms with Crippen molar-refractivity contribution in [2.24, 2.45) is 17.8 Å². The van der Waals surface area contributed by atoms with Crippen LogP contribution in [0.3, 0.4) is 0 Å². The van der Waals surface area contributed by atoms with E-state index >= 15 is 0 Å². The zero-order chi connectivity index (χ0) is 16.9. The average molecular weight is 314 g/mol. The number of carbonyl (C=O) groups excluding carboxylic acids is 3. The van der Waals surface area contributed by atoms with E-state index in [1.807, 2.05) is 0 Å². The Morgan fingerprint density at radius 3 is 2.68 bits per heavy atom. The monoisotopic (exact) mass is 314 g/mol. The molecule has 0 unspecified atom stereocenters. The van der Waals surface area contributed by atoms with E-state index in [9.17, 15) is 24.5 Å². The van der Waals surface area contributed by atoms with Crippen LogP contribution in [0.4, 0.5) is 0 Å². The van der Waals surface area contributed by atoms with Gasteiger partial charge in [0.2, 0.25) is 6.54 Å².